The third kappa shape index (κ3) is 6.39. The molecule has 0 aliphatic rings. The summed E-state index contributed by atoms with van der Waals surface area (Å²) in [6.07, 6.45) is 3.63. The van der Waals surface area contributed by atoms with Gasteiger partial charge < -0.3 is 10.2 Å². The minimum absolute atomic E-state index is 0.168. The molecule has 0 saturated carbocycles. The minimum Gasteiger partial charge on any atom is -0.355 e. The Hall–Kier alpha value is -1.35. The molecule has 0 heterocycles. The molecule has 0 saturated heterocycles. The number of nitrogens with one attached hydrogen (secondary N) is 1. The van der Waals surface area contributed by atoms with Gasteiger partial charge in [0.15, 0.2) is 0 Å². The van der Waals surface area contributed by atoms with Gasteiger partial charge in [-0.3, -0.25) is 4.79 Å². The minimum atomic E-state index is 0.168. The largest absolute Gasteiger partial charge is 0.355 e. The van der Waals surface area contributed by atoms with Gasteiger partial charge in [-0.15, -0.1) is 0 Å². The van der Waals surface area contributed by atoms with Crippen molar-refractivity contribution >= 4 is 5.91 Å². The molecule has 1 unspecified atom stereocenters. The second-order valence-corrected chi connectivity index (χ2v) is 5.21. The van der Waals surface area contributed by atoms with Gasteiger partial charge in [-0.2, -0.15) is 0 Å². The zero-order valence-electron chi connectivity index (χ0n) is 12.4. The zero-order chi connectivity index (χ0) is 14.1. The molecule has 0 aliphatic carbocycles. The van der Waals surface area contributed by atoms with Crippen LogP contribution in [0.2, 0.25) is 0 Å². The standard InChI is InChI=1S/C16H26N2O/c1-4-5-11-16(19)17-13-15(18(2)3)12-14-9-7-6-8-10-14/h6-10,15H,4-5,11-13H2,1-3H3,(H,17,19). The van der Waals surface area contributed by atoms with Crippen LogP contribution in [-0.4, -0.2) is 37.5 Å². The first kappa shape index (κ1) is 15.7. The summed E-state index contributed by atoms with van der Waals surface area (Å²) in [6, 6.07) is 10.8. The second-order valence-electron chi connectivity index (χ2n) is 5.21. The number of rotatable bonds is 8. The van der Waals surface area contributed by atoms with Crippen LogP contribution in [0.4, 0.5) is 0 Å². The second kappa shape index (κ2) is 8.70. The van der Waals surface area contributed by atoms with Crippen LogP contribution >= 0.6 is 0 Å². The predicted molar refractivity (Wildman–Crippen MR) is 80.2 cm³/mol. The molecule has 0 aliphatic heterocycles. The highest BCUT2D eigenvalue weighted by Gasteiger charge is 2.13. The Morgan fingerprint density at radius 3 is 2.53 bits per heavy atom. The third-order valence-corrected chi connectivity index (χ3v) is 3.34. The van der Waals surface area contributed by atoms with Crippen LogP contribution in [0.5, 0.6) is 0 Å². The van der Waals surface area contributed by atoms with Crippen molar-refractivity contribution < 1.29 is 4.79 Å². The number of unbranched alkanes of at least 4 members (excludes halogenated alkanes) is 1. The average molecular weight is 262 g/mol. The number of hydrogen-bond donors (Lipinski definition) is 1. The lowest BCUT2D eigenvalue weighted by Gasteiger charge is -2.24. The van der Waals surface area contributed by atoms with E-state index in [4.69, 9.17) is 0 Å². The smallest absolute Gasteiger partial charge is 0.220 e. The van der Waals surface area contributed by atoms with Gasteiger partial charge >= 0.3 is 0 Å². The van der Waals surface area contributed by atoms with Gasteiger partial charge in [0.1, 0.15) is 0 Å². The van der Waals surface area contributed by atoms with Crippen molar-refractivity contribution in [2.45, 2.75) is 38.6 Å². The van der Waals surface area contributed by atoms with Gasteiger partial charge in [-0.05, 0) is 32.5 Å². The summed E-state index contributed by atoms with van der Waals surface area (Å²) < 4.78 is 0. The van der Waals surface area contributed by atoms with Gasteiger partial charge in [0.25, 0.3) is 0 Å². The van der Waals surface area contributed by atoms with E-state index in [1.807, 2.05) is 6.07 Å². The molecule has 1 amide bonds. The molecule has 3 heteroatoms. The van der Waals surface area contributed by atoms with Crippen LogP contribution in [-0.2, 0) is 11.2 Å². The van der Waals surface area contributed by atoms with Gasteiger partial charge in [-0.25, -0.2) is 0 Å². The van der Waals surface area contributed by atoms with E-state index in [0.717, 1.165) is 19.3 Å². The quantitative estimate of drug-likeness (QED) is 0.780. The monoisotopic (exact) mass is 262 g/mol. The molecule has 1 N–H and O–H groups in total. The highest BCUT2D eigenvalue weighted by Crippen LogP contribution is 2.06. The topological polar surface area (TPSA) is 32.3 Å². The van der Waals surface area contributed by atoms with E-state index in [1.54, 1.807) is 0 Å². The maximum Gasteiger partial charge on any atom is 0.220 e. The normalized spacial score (nSPS) is 12.4. The number of carbonyl (C=O) groups excluding carboxylic acids is 1. The maximum absolute atomic E-state index is 11.7. The summed E-state index contributed by atoms with van der Waals surface area (Å²) in [5, 5.41) is 3.04. The number of carbonyl (C=O) groups is 1. The Bertz CT molecular complexity index is 362. The fourth-order valence-corrected chi connectivity index (χ4v) is 1.98. The van der Waals surface area contributed by atoms with Crippen LogP contribution in [0, 0.1) is 0 Å². The lowest BCUT2D eigenvalue weighted by atomic mass is 10.1. The molecule has 1 aromatic carbocycles. The summed E-state index contributed by atoms with van der Waals surface area (Å²) in [4.78, 5) is 13.8. The average Bonchev–Trinajstić information content (AvgIpc) is 2.41. The fraction of sp³-hybridized carbons (Fsp3) is 0.562. The van der Waals surface area contributed by atoms with Crippen LogP contribution in [0.15, 0.2) is 30.3 Å². The Balaban J connectivity index is 2.43. The SMILES string of the molecule is CCCCC(=O)NCC(Cc1ccccc1)N(C)C. The van der Waals surface area contributed by atoms with Crippen molar-refractivity contribution in [3.05, 3.63) is 35.9 Å². The van der Waals surface area contributed by atoms with Crippen molar-refractivity contribution in [1.29, 1.82) is 0 Å². The summed E-state index contributed by atoms with van der Waals surface area (Å²) in [5.74, 6) is 0.168. The van der Waals surface area contributed by atoms with Crippen LogP contribution in [0.3, 0.4) is 0 Å². The van der Waals surface area contributed by atoms with E-state index >= 15 is 0 Å². The summed E-state index contributed by atoms with van der Waals surface area (Å²) >= 11 is 0. The number of benzene rings is 1. The van der Waals surface area contributed by atoms with E-state index in [2.05, 4.69) is 55.5 Å². The lowest BCUT2D eigenvalue weighted by molar-refractivity contribution is -0.121. The first-order valence-corrected chi connectivity index (χ1v) is 7.10. The van der Waals surface area contributed by atoms with Crippen molar-refractivity contribution in [1.82, 2.24) is 10.2 Å². The van der Waals surface area contributed by atoms with E-state index in [0.29, 0.717) is 19.0 Å². The number of hydrogen-bond acceptors (Lipinski definition) is 2. The molecule has 1 aromatic rings. The molecule has 0 fully saturated rings. The van der Waals surface area contributed by atoms with E-state index in [9.17, 15) is 4.79 Å². The van der Waals surface area contributed by atoms with Crippen molar-refractivity contribution in [3.8, 4) is 0 Å². The Labute approximate surface area is 117 Å². The Kier molecular flexibility index (Phi) is 7.19. The third-order valence-electron chi connectivity index (χ3n) is 3.34. The molecule has 0 spiro atoms. The Morgan fingerprint density at radius 1 is 1.26 bits per heavy atom. The number of likely N-dealkylation sites (N-methyl/N-ethyl adjacent to an activating group) is 1. The molecule has 19 heavy (non-hydrogen) atoms. The molecule has 0 radical (unpaired) electrons. The van der Waals surface area contributed by atoms with Gasteiger partial charge in [-0.1, -0.05) is 43.7 Å². The van der Waals surface area contributed by atoms with Crippen molar-refractivity contribution in [2.75, 3.05) is 20.6 Å². The van der Waals surface area contributed by atoms with Gasteiger partial charge in [0.05, 0.1) is 0 Å². The fourth-order valence-electron chi connectivity index (χ4n) is 1.98. The summed E-state index contributed by atoms with van der Waals surface area (Å²) in [6.45, 7) is 2.82. The maximum atomic E-state index is 11.7. The first-order valence-electron chi connectivity index (χ1n) is 7.10. The van der Waals surface area contributed by atoms with Crippen LogP contribution in [0.25, 0.3) is 0 Å². The van der Waals surface area contributed by atoms with E-state index in [1.165, 1.54) is 5.56 Å². The molecule has 3 nitrogen and oxygen atoms in total. The van der Waals surface area contributed by atoms with E-state index in [-0.39, 0.29) is 5.91 Å². The molecule has 0 aromatic heterocycles. The van der Waals surface area contributed by atoms with Crippen LogP contribution in [0.1, 0.15) is 31.7 Å². The molecular formula is C16H26N2O. The molecule has 1 rings (SSSR count). The summed E-state index contributed by atoms with van der Waals surface area (Å²) in [7, 11) is 4.12. The Morgan fingerprint density at radius 2 is 1.95 bits per heavy atom. The lowest BCUT2D eigenvalue weighted by Crippen LogP contribution is -2.41. The molecule has 0 bridgehead atoms. The molecule has 1 atom stereocenters. The number of nitrogens with zero attached hydrogens (tertiary/aromatic N) is 1. The van der Waals surface area contributed by atoms with E-state index < -0.39 is 0 Å². The molecular weight excluding hydrogens is 236 g/mol. The van der Waals surface area contributed by atoms with Crippen molar-refractivity contribution in [2.24, 2.45) is 0 Å². The molecule has 106 valence electrons. The van der Waals surface area contributed by atoms with Gasteiger partial charge in [0, 0.05) is 19.0 Å². The summed E-state index contributed by atoms with van der Waals surface area (Å²) in [5.41, 5.74) is 1.31. The first-order chi connectivity index (χ1) is 9.13. The van der Waals surface area contributed by atoms with Crippen molar-refractivity contribution in [3.63, 3.8) is 0 Å². The highest BCUT2D eigenvalue weighted by molar-refractivity contribution is 5.75. The van der Waals surface area contributed by atoms with Crippen LogP contribution < -0.4 is 5.32 Å². The highest BCUT2D eigenvalue weighted by atomic mass is 16.1. The predicted octanol–water partition coefficient (Wildman–Crippen LogP) is 2.47. The number of amides is 1. The van der Waals surface area contributed by atoms with Gasteiger partial charge in [0.2, 0.25) is 5.91 Å². The zero-order valence-corrected chi connectivity index (χ0v) is 12.4.